The van der Waals surface area contributed by atoms with Gasteiger partial charge in [-0.15, -0.1) is 0 Å². The van der Waals surface area contributed by atoms with Crippen LogP contribution in [0.4, 0.5) is 4.79 Å². The lowest BCUT2D eigenvalue weighted by molar-refractivity contribution is -0.139. The number of carbonyl (C=O) groups excluding carboxylic acids is 1. The second-order valence-corrected chi connectivity index (χ2v) is 7.03. The van der Waals surface area contributed by atoms with Crippen LogP contribution in [0.2, 0.25) is 0 Å². The van der Waals surface area contributed by atoms with Crippen LogP contribution in [0.25, 0.3) is 0 Å². The monoisotopic (exact) mass is 296 g/mol. The maximum atomic E-state index is 12.6. The first-order valence-corrected chi connectivity index (χ1v) is 8.22. The summed E-state index contributed by atoms with van der Waals surface area (Å²) in [5.41, 5.74) is -0.540. The van der Waals surface area contributed by atoms with Crippen LogP contribution in [0.1, 0.15) is 65.2 Å². The largest absolute Gasteiger partial charge is 0.481 e. The molecular weight excluding hydrogens is 268 g/mol. The number of hydrogen-bond donors (Lipinski definition) is 2. The van der Waals surface area contributed by atoms with Gasteiger partial charge < -0.3 is 15.3 Å². The SMILES string of the molecule is CC1CCC(C)N(C(=O)NC2(CC(=O)O)CCCCC2)C1. The fourth-order valence-corrected chi connectivity index (χ4v) is 3.73. The van der Waals surface area contributed by atoms with E-state index in [0.29, 0.717) is 5.92 Å². The number of likely N-dealkylation sites (tertiary alicyclic amines) is 1. The first-order chi connectivity index (χ1) is 9.92. The minimum absolute atomic E-state index is 0.0382. The second-order valence-electron chi connectivity index (χ2n) is 7.03. The van der Waals surface area contributed by atoms with Gasteiger partial charge in [-0.2, -0.15) is 0 Å². The number of piperidine rings is 1. The van der Waals surface area contributed by atoms with Gasteiger partial charge in [0.25, 0.3) is 0 Å². The zero-order valence-electron chi connectivity index (χ0n) is 13.2. The van der Waals surface area contributed by atoms with E-state index in [0.717, 1.165) is 51.5 Å². The molecule has 1 heterocycles. The van der Waals surface area contributed by atoms with E-state index in [9.17, 15) is 14.7 Å². The third-order valence-corrected chi connectivity index (χ3v) is 5.05. The molecule has 2 amide bonds. The van der Waals surface area contributed by atoms with Gasteiger partial charge in [0.15, 0.2) is 0 Å². The first kappa shape index (κ1) is 16.1. The van der Waals surface area contributed by atoms with Crippen molar-refractivity contribution >= 4 is 12.0 Å². The molecular formula is C16H28N2O3. The van der Waals surface area contributed by atoms with E-state index in [2.05, 4.69) is 19.2 Å². The molecule has 0 aromatic carbocycles. The van der Waals surface area contributed by atoms with Crippen molar-refractivity contribution in [1.29, 1.82) is 0 Å². The summed E-state index contributed by atoms with van der Waals surface area (Å²) >= 11 is 0. The van der Waals surface area contributed by atoms with E-state index in [4.69, 9.17) is 0 Å². The summed E-state index contributed by atoms with van der Waals surface area (Å²) < 4.78 is 0. The summed E-state index contributed by atoms with van der Waals surface area (Å²) in [6.45, 7) is 5.02. The van der Waals surface area contributed by atoms with Gasteiger partial charge in [-0.3, -0.25) is 4.79 Å². The van der Waals surface area contributed by atoms with Gasteiger partial charge in [0, 0.05) is 12.6 Å². The first-order valence-electron chi connectivity index (χ1n) is 8.22. The van der Waals surface area contributed by atoms with E-state index >= 15 is 0 Å². The van der Waals surface area contributed by atoms with Crippen molar-refractivity contribution in [2.24, 2.45) is 5.92 Å². The second kappa shape index (κ2) is 6.67. The van der Waals surface area contributed by atoms with Crippen LogP contribution in [-0.4, -0.2) is 40.1 Å². The molecule has 1 saturated heterocycles. The number of carbonyl (C=O) groups is 2. The Morgan fingerprint density at radius 3 is 2.48 bits per heavy atom. The van der Waals surface area contributed by atoms with Crippen molar-refractivity contribution < 1.29 is 14.7 Å². The molecule has 2 unspecified atom stereocenters. The summed E-state index contributed by atoms with van der Waals surface area (Å²) in [6.07, 6.45) is 6.92. The molecule has 0 aromatic rings. The quantitative estimate of drug-likeness (QED) is 0.841. The molecule has 0 aromatic heterocycles. The molecule has 2 atom stereocenters. The Morgan fingerprint density at radius 1 is 1.19 bits per heavy atom. The van der Waals surface area contributed by atoms with Crippen LogP contribution < -0.4 is 5.32 Å². The standard InChI is InChI=1S/C16H28N2O3/c1-12-6-7-13(2)18(11-12)15(21)17-16(10-14(19)20)8-4-3-5-9-16/h12-13H,3-11H2,1-2H3,(H,17,21)(H,19,20). The fraction of sp³-hybridized carbons (Fsp3) is 0.875. The summed E-state index contributed by atoms with van der Waals surface area (Å²) in [6, 6.07) is 0.170. The summed E-state index contributed by atoms with van der Waals surface area (Å²) in [5, 5.41) is 12.3. The van der Waals surface area contributed by atoms with Gasteiger partial charge >= 0.3 is 12.0 Å². The van der Waals surface area contributed by atoms with Gasteiger partial charge in [0.1, 0.15) is 0 Å². The fourth-order valence-electron chi connectivity index (χ4n) is 3.73. The number of aliphatic carboxylic acids is 1. The molecule has 2 N–H and O–H groups in total. The number of carboxylic acids is 1. The highest BCUT2D eigenvalue weighted by Gasteiger charge is 2.38. The number of carboxylic acid groups (broad SMARTS) is 1. The Kier molecular flexibility index (Phi) is 5.12. The molecule has 21 heavy (non-hydrogen) atoms. The van der Waals surface area contributed by atoms with Crippen LogP contribution in [0, 0.1) is 5.92 Å². The van der Waals surface area contributed by atoms with E-state index in [-0.39, 0.29) is 18.5 Å². The van der Waals surface area contributed by atoms with Crippen molar-refractivity contribution in [2.75, 3.05) is 6.54 Å². The molecule has 2 rings (SSSR count). The van der Waals surface area contributed by atoms with Crippen molar-refractivity contribution in [1.82, 2.24) is 10.2 Å². The van der Waals surface area contributed by atoms with Crippen LogP contribution >= 0.6 is 0 Å². The summed E-state index contributed by atoms with van der Waals surface area (Å²) in [4.78, 5) is 25.7. The average molecular weight is 296 g/mol. The number of nitrogens with zero attached hydrogens (tertiary/aromatic N) is 1. The molecule has 1 aliphatic carbocycles. The Balaban J connectivity index is 2.04. The summed E-state index contributed by atoms with van der Waals surface area (Å²) in [7, 11) is 0. The zero-order valence-corrected chi connectivity index (χ0v) is 13.2. The minimum Gasteiger partial charge on any atom is -0.481 e. The van der Waals surface area contributed by atoms with E-state index in [1.165, 1.54) is 0 Å². The summed E-state index contributed by atoms with van der Waals surface area (Å²) in [5.74, 6) is -0.300. The topological polar surface area (TPSA) is 69.6 Å². The molecule has 1 saturated carbocycles. The van der Waals surface area contributed by atoms with Crippen LogP contribution in [0.3, 0.4) is 0 Å². The maximum absolute atomic E-state index is 12.6. The lowest BCUT2D eigenvalue weighted by Crippen LogP contribution is -2.58. The third-order valence-electron chi connectivity index (χ3n) is 5.05. The molecule has 0 radical (unpaired) electrons. The molecule has 1 aliphatic heterocycles. The lowest BCUT2D eigenvalue weighted by Gasteiger charge is -2.42. The average Bonchev–Trinajstić information content (AvgIpc) is 2.41. The highest BCUT2D eigenvalue weighted by Crippen LogP contribution is 2.32. The predicted molar refractivity (Wildman–Crippen MR) is 81.2 cm³/mol. The van der Waals surface area contributed by atoms with Crippen molar-refractivity contribution in [3.05, 3.63) is 0 Å². The third kappa shape index (κ3) is 4.11. The minimum atomic E-state index is -0.822. The molecule has 0 spiro atoms. The van der Waals surface area contributed by atoms with Crippen molar-refractivity contribution in [2.45, 2.75) is 76.8 Å². The molecule has 5 nitrogen and oxygen atoms in total. The van der Waals surface area contributed by atoms with Crippen LogP contribution in [0.15, 0.2) is 0 Å². The Bertz CT molecular complexity index is 391. The van der Waals surface area contributed by atoms with E-state index in [1.807, 2.05) is 4.90 Å². The molecule has 120 valence electrons. The molecule has 5 heteroatoms. The lowest BCUT2D eigenvalue weighted by atomic mass is 9.79. The maximum Gasteiger partial charge on any atom is 0.318 e. The highest BCUT2D eigenvalue weighted by molar-refractivity contribution is 5.77. The van der Waals surface area contributed by atoms with E-state index < -0.39 is 11.5 Å². The van der Waals surface area contributed by atoms with Crippen LogP contribution in [0.5, 0.6) is 0 Å². The van der Waals surface area contributed by atoms with Crippen molar-refractivity contribution in [3.63, 3.8) is 0 Å². The molecule has 0 bridgehead atoms. The number of hydrogen-bond acceptors (Lipinski definition) is 2. The number of rotatable bonds is 3. The normalized spacial score (nSPS) is 29.0. The molecule has 2 fully saturated rings. The van der Waals surface area contributed by atoms with E-state index in [1.54, 1.807) is 0 Å². The van der Waals surface area contributed by atoms with Gasteiger partial charge in [-0.05, 0) is 38.5 Å². The predicted octanol–water partition coefficient (Wildman–Crippen LogP) is 2.99. The van der Waals surface area contributed by atoms with Crippen LogP contribution in [-0.2, 0) is 4.79 Å². The van der Waals surface area contributed by atoms with Crippen molar-refractivity contribution in [3.8, 4) is 0 Å². The Morgan fingerprint density at radius 2 is 1.86 bits per heavy atom. The number of nitrogens with one attached hydrogen (secondary N) is 1. The van der Waals surface area contributed by atoms with Gasteiger partial charge in [-0.25, -0.2) is 4.79 Å². The Hall–Kier alpha value is -1.26. The Labute approximate surface area is 127 Å². The molecule has 2 aliphatic rings. The number of urea groups is 1. The van der Waals surface area contributed by atoms with Gasteiger partial charge in [0.05, 0.1) is 12.0 Å². The van der Waals surface area contributed by atoms with Gasteiger partial charge in [0.2, 0.25) is 0 Å². The zero-order chi connectivity index (χ0) is 15.5. The van der Waals surface area contributed by atoms with Gasteiger partial charge in [-0.1, -0.05) is 26.2 Å². The number of amides is 2. The highest BCUT2D eigenvalue weighted by atomic mass is 16.4. The smallest absolute Gasteiger partial charge is 0.318 e.